The van der Waals surface area contributed by atoms with E-state index in [9.17, 15) is 0 Å². The van der Waals surface area contributed by atoms with Crippen molar-refractivity contribution in [3.05, 3.63) is 64.8 Å². The van der Waals surface area contributed by atoms with Crippen molar-refractivity contribution in [2.75, 3.05) is 5.73 Å². The molecule has 0 saturated carbocycles. The molecule has 2 nitrogen and oxygen atoms in total. The summed E-state index contributed by atoms with van der Waals surface area (Å²) in [5.41, 5.74) is 10.4. The summed E-state index contributed by atoms with van der Waals surface area (Å²) in [5.74, 6) is 0. The van der Waals surface area contributed by atoms with Crippen LogP contribution in [0.3, 0.4) is 0 Å². The van der Waals surface area contributed by atoms with Gasteiger partial charge in [-0.1, -0.05) is 35.9 Å². The third-order valence-corrected chi connectivity index (χ3v) is 3.67. The molecule has 2 aromatic carbocycles. The molecule has 0 atom stereocenters. The minimum atomic E-state index is 0.676. The van der Waals surface area contributed by atoms with E-state index in [4.69, 9.17) is 17.3 Å². The van der Waals surface area contributed by atoms with E-state index < -0.39 is 0 Å². The smallest absolute Gasteiger partial charge is 0.0496 e. The van der Waals surface area contributed by atoms with Crippen molar-refractivity contribution in [2.24, 2.45) is 0 Å². The summed E-state index contributed by atoms with van der Waals surface area (Å²) in [6, 6.07) is 14.1. The van der Waals surface area contributed by atoms with Crippen LogP contribution in [-0.4, -0.2) is 4.57 Å². The highest BCUT2D eigenvalue weighted by Gasteiger charge is 2.07. The predicted molar refractivity (Wildman–Crippen MR) is 81.6 cm³/mol. The van der Waals surface area contributed by atoms with E-state index >= 15 is 0 Å². The summed E-state index contributed by atoms with van der Waals surface area (Å²) in [6.07, 6.45) is 2.17. The lowest BCUT2D eigenvalue weighted by Gasteiger charge is -2.08. The predicted octanol–water partition coefficient (Wildman–Crippen LogP) is 4.23. The van der Waals surface area contributed by atoms with Crippen LogP contribution < -0.4 is 5.73 Å². The highest BCUT2D eigenvalue weighted by molar-refractivity contribution is 6.30. The summed E-state index contributed by atoms with van der Waals surface area (Å²) in [5, 5.41) is 1.96. The monoisotopic (exact) mass is 270 g/mol. The first-order valence-corrected chi connectivity index (χ1v) is 6.61. The molecule has 0 radical (unpaired) electrons. The van der Waals surface area contributed by atoms with E-state index in [2.05, 4.69) is 42.0 Å². The van der Waals surface area contributed by atoms with Gasteiger partial charge in [-0.25, -0.2) is 0 Å². The van der Waals surface area contributed by atoms with Crippen molar-refractivity contribution < 1.29 is 0 Å². The number of para-hydroxylation sites is 1. The molecule has 3 aromatic rings. The summed E-state index contributed by atoms with van der Waals surface area (Å²) >= 11 is 5.93. The van der Waals surface area contributed by atoms with E-state index in [1.807, 2.05) is 12.1 Å². The van der Waals surface area contributed by atoms with Crippen molar-refractivity contribution in [3.63, 3.8) is 0 Å². The number of nitrogens with zero attached hydrogens (tertiary/aromatic N) is 1. The fraction of sp³-hybridized carbons (Fsp3) is 0.125. The maximum atomic E-state index is 6.02. The van der Waals surface area contributed by atoms with Crippen molar-refractivity contribution in [2.45, 2.75) is 13.5 Å². The fourth-order valence-electron chi connectivity index (χ4n) is 2.45. The maximum absolute atomic E-state index is 6.02. The Morgan fingerprint density at radius 3 is 2.74 bits per heavy atom. The Morgan fingerprint density at radius 2 is 1.95 bits per heavy atom. The Bertz CT molecular complexity index is 744. The maximum Gasteiger partial charge on any atom is 0.0496 e. The number of fused-ring (bicyclic) bond motifs is 1. The summed E-state index contributed by atoms with van der Waals surface area (Å²) in [7, 11) is 0. The molecule has 0 spiro atoms. The van der Waals surface area contributed by atoms with Gasteiger partial charge in [0.15, 0.2) is 0 Å². The number of benzene rings is 2. The molecule has 0 bridgehead atoms. The van der Waals surface area contributed by atoms with Crippen molar-refractivity contribution in [1.82, 2.24) is 4.57 Å². The number of aromatic nitrogens is 1. The second kappa shape index (κ2) is 4.63. The molecule has 0 aliphatic carbocycles. The third kappa shape index (κ3) is 2.20. The van der Waals surface area contributed by atoms with Crippen molar-refractivity contribution >= 4 is 28.2 Å². The van der Waals surface area contributed by atoms with Crippen LogP contribution in [0.25, 0.3) is 10.9 Å². The Hall–Kier alpha value is -1.93. The van der Waals surface area contributed by atoms with E-state index in [1.165, 1.54) is 16.5 Å². The largest absolute Gasteiger partial charge is 0.398 e. The summed E-state index contributed by atoms with van der Waals surface area (Å²) in [6.45, 7) is 2.89. The Kier molecular flexibility index (Phi) is 2.96. The van der Waals surface area contributed by atoms with E-state index in [0.717, 1.165) is 17.8 Å². The average molecular weight is 271 g/mol. The van der Waals surface area contributed by atoms with Crippen LogP contribution in [0.2, 0.25) is 5.02 Å². The van der Waals surface area contributed by atoms with E-state index in [0.29, 0.717) is 5.02 Å². The summed E-state index contributed by atoms with van der Waals surface area (Å²) < 4.78 is 2.23. The highest BCUT2D eigenvalue weighted by atomic mass is 35.5. The quantitative estimate of drug-likeness (QED) is 0.694. The van der Waals surface area contributed by atoms with Gasteiger partial charge in [-0.3, -0.25) is 0 Å². The molecule has 0 aliphatic rings. The molecule has 19 heavy (non-hydrogen) atoms. The lowest BCUT2D eigenvalue weighted by atomic mass is 10.2. The molecule has 1 aromatic heterocycles. The SMILES string of the molecule is Cc1cn(Cc2ccc(Cl)cc2N)c2ccccc12. The topological polar surface area (TPSA) is 30.9 Å². The number of rotatable bonds is 2. The zero-order chi connectivity index (χ0) is 13.4. The zero-order valence-electron chi connectivity index (χ0n) is 10.7. The number of hydrogen-bond donors (Lipinski definition) is 1. The van der Waals surface area contributed by atoms with E-state index in [1.54, 1.807) is 6.07 Å². The molecule has 0 saturated heterocycles. The standard InChI is InChI=1S/C16H15ClN2/c1-11-9-19(16-5-3-2-4-14(11)16)10-12-6-7-13(17)8-15(12)18/h2-9H,10,18H2,1H3. The van der Waals surface area contributed by atoms with Crippen LogP contribution in [-0.2, 0) is 6.54 Å². The van der Waals surface area contributed by atoms with Crippen LogP contribution in [0.15, 0.2) is 48.7 Å². The number of nitrogens with two attached hydrogens (primary N) is 1. The highest BCUT2D eigenvalue weighted by Crippen LogP contribution is 2.24. The first-order valence-electron chi connectivity index (χ1n) is 6.23. The first-order chi connectivity index (χ1) is 9.15. The summed E-state index contributed by atoms with van der Waals surface area (Å²) in [4.78, 5) is 0. The third-order valence-electron chi connectivity index (χ3n) is 3.44. The molecule has 96 valence electrons. The number of hydrogen-bond acceptors (Lipinski definition) is 1. The van der Waals surface area contributed by atoms with Crippen molar-refractivity contribution in [1.29, 1.82) is 0 Å². The molecule has 0 amide bonds. The molecule has 2 N–H and O–H groups in total. The Morgan fingerprint density at radius 1 is 1.16 bits per heavy atom. The first kappa shape index (κ1) is 12.1. The minimum absolute atomic E-state index is 0.676. The van der Waals surface area contributed by atoms with Crippen molar-refractivity contribution in [3.8, 4) is 0 Å². The van der Waals surface area contributed by atoms with Gasteiger partial charge in [-0.05, 0) is 36.2 Å². The minimum Gasteiger partial charge on any atom is -0.398 e. The van der Waals surface area contributed by atoms with Gasteiger partial charge in [0.1, 0.15) is 0 Å². The van der Waals surface area contributed by atoms with Crippen LogP contribution in [0.1, 0.15) is 11.1 Å². The van der Waals surface area contributed by atoms with Crippen LogP contribution >= 0.6 is 11.6 Å². The zero-order valence-corrected chi connectivity index (χ0v) is 11.5. The number of nitrogen functional groups attached to an aromatic ring is 1. The van der Waals surface area contributed by atoms with Gasteiger partial charge in [0.2, 0.25) is 0 Å². The van der Waals surface area contributed by atoms with Crippen LogP contribution in [0.4, 0.5) is 5.69 Å². The lowest BCUT2D eigenvalue weighted by molar-refractivity contribution is 0.836. The molecule has 0 fully saturated rings. The van der Waals surface area contributed by atoms with Gasteiger partial charge in [-0.15, -0.1) is 0 Å². The molecular weight excluding hydrogens is 256 g/mol. The average Bonchev–Trinajstić information content (AvgIpc) is 2.71. The second-order valence-corrected chi connectivity index (χ2v) is 5.24. The number of anilines is 1. The molecule has 3 heteroatoms. The Balaban J connectivity index is 2.06. The van der Waals surface area contributed by atoms with Gasteiger partial charge in [0.25, 0.3) is 0 Å². The lowest BCUT2D eigenvalue weighted by Crippen LogP contribution is -2.01. The van der Waals surface area contributed by atoms with E-state index in [-0.39, 0.29) is 0 Å². The van der Waals surface area contributed by atoms with Gasteiger partial charge in [0.05, 0.1) is 0 Å². The molecule has 0 aliphatic heterocycles. The van der Waals surface area contributed by atoms with Crippen LogP contribution in [0.5, 0.6) is 0 Å². The van der Waals surface area contributed by atoms with Crippen LogP contribution in [0, 0.1) is 6.92 Å². The van der Waals surface area contributed by atoms with Gasteiger partial charge in [0, 0.05) is 34.4 Å². The molecule has 3 rings (SSSR count). The fourth-order valence-corrected chi connectivity index (χ4v) is 2.64. The number of aryl methyl sites for hydroxylation is 1. The second-order valence-electron chi connectivity index (χ2n) is 4.80. The normalized spacial score (nSPS) is 11.1. The Labute approximate surface area is 117 Å². The van der Waals surface area contributed by atoms with Gasteiger partial charge < -0.3 is 10.3 Å². The molecule has 0 unspecified atom stereocenters. The number of halogens is 1. The molecule has 1 heterocycles. The van der Waals surface area contributed by atoms with Gasteiger partial charge in [-0.2, -0.15) is 0 Å². The molecular formula is C16H15ClN2. The van der Waals surface area contributed by atoms with Gasteiger partial charge >= 0.3 is 0 Å².